The van der Waals surface area contributed by atoms with Crippen molar-refractivity contribution in [3.05, 3.63) is 30.0 Å². The van der Waals surface area contributed by atoms with Gasteiger partial charge in [0.15, 0.2) is 5.78 Å². The second-order valence-corrected chi connectivity index (χ2v) is 4.63. The number of esters is 1. The molecule has 0 unspecified atom stereocenters. The summed E-state index contributed by atoms with van der Waals surface area (Å²) in [4.78, 5) is 21.8. The van der Waals surface area contributed by atoms with Crippen molar-refractivity contribution in [1.82, 2.24) is 0 Å². The Morgan fingerprint density at radius 3 is 2.47 bits per heavy atom. The van der Waals surface area contributed by atoms with Gasteiger partial charge in [0.25, 0.3) is 0 Å². The number of ether oxygens (including phenoxy) is 1. The lowest BCUT2D eigenvalue weighted by Gasteiger charge is -2.18. The third-order valence-electron chi connectivity index (χ3n) is 2.45. The van der Waals surface area contributed by atoms with Gasteiger partial charge in [-0.15, -0.1) is 5.73 Å². The van der Waals surface area contributed by atoms with E-state index in [1.807, 2.05) is 13.8 Å². The maximum atomic E-state index is 11.0. The molecule has 0 fully saturated rings. The Balaban J connectivity index is 4.39. The number of hydrogen-bond acceptors (Lipinski definition) is 3. The molecule has 0 saturated heterocycles. The van der Waals surface area contributed by atoms with E-state index in [1.165, 1.54) is 20.1 Å². The predicted octanol–water partition coefficient (Wildman–Crippen LogP) is 2.82. The van der Waals surface area contributed by atoms with Crippen LogP contribution < -0.4 is 0 Å². The van der Waals surface area contributed by atoms with E-state index in [0.29, 0.717) is 12.0 Å². The predicted molar refractivity (Wildman–Crippen MR) is 67.5 cm³/mol. The fourth-order valence-corrected chi connectivity index (χ4v) is 1.12. The molecule has 3 heteroatoms. The van der Waals surface area contributed by atoms with Crippen LogP contribution in [0.4, 0.5) is 0 Å². The maximum absolute atomic E-state index is 11.0. The second kappa shape index (κ2) is 6.87. The van der Waals surface area contributed by atoms with Crippen LogP contribution in [0.3, 0.4) is 0 Å². The van der Waals surface area contributed by atoms with Gasteiger partial charge < -0.3 is 4.74 Å². The lowest BCUT2D eigenvalue weighted by Crippen LogP contribution is -2.08. The van der Waals surface area contributed by atoms with Crippen LogP contribution >= 0.6 is 0 Å². The molecule has 0 heterocycles. The van der Waals surface area contributed by atoms with E-state index in [4.69, 9.17) is 0 Å². The fourth-order valence-electron chi connectivity index (χ4n) is 1.12. The molecule has 0 rings (SSSR count). The van der Waals surface area contributed by atoms with Crippen LogP contribution in [-0.4, -0.2) is 18.9 Å². The number of hydrogen-bond donors (Lipinski definition) is 0. The van der Waals surface area contributed by atoms with E-state index in [2.05, 4.69) is 17.0 Å². The van der Waals surface area contributed by atoms with Crippen LogP contribution in [0.2, 0.25) is 0 Å². The molecule has 0 aliphatic rings. The number of allylic oxidation sites excluding steroid dienone is 1. The molecule has 0 aliphatic carbocycles. The number of rotatable bonds is 6. The summed E-state index contributed by atoms with van der Waals surface area (Å²) in [6, 6.07) is 0. The summed E-state index contributed by atoms with van der Waals surface area (Å²) >= 11 is 0. The van der Waals surface area contributed by atoms with Gasteiger partial charge in [-0.3, -0.25) is 4.79 Å². The normalized spacial score (nSPS) is 10.1. The molecule has 17 heavy (non-hydrogen) atoms. The Kier molecular flexibility index (Phi) is 6.22. The highest BCUT2D eigenvalue weighted by Crippen LogP contribution is 2.25. The van der Waals surface area contributed by atoms with Gasteiger partial charge in [0.2, 0.25) is 0 Å². The van der Waals surface area contributed by atoms with Crippen LogP contribution in [0, 0.1) is 5.41 Å². The first-order valence-corrected chi connectivity index (χ1v) is 5.49. The molecule has 0 atom stereocenters. The van der Waals surface area contributed by atoms with Crippen molar-refractivity contribution in [2.45, 2.75) is 33.6 Å². The van der Waals surface area contributed by atoms with Gasteiger partial charge in [-0.2, -0.15) is 0 Å². The lowest BCUT2D eigenvalue weighted by molar-refractivity contribution is -0.134. The molecular formula is C14H20O3. The van der Waals surface area contributed by atoms with E-state index in [0.717, 1.165) is 6.42 Å². The highest BCUT2D eigenvalue weighted by atomic mass is 16.5. The standard InChI is InChI=1S/C14H20O3/c1-11(12(2)15)8-10-14(3,4)9-6-7-13(16)17-5/h7,9H,1,8,10H2,2-5H3. The van der Waals surface area contributed by atoms with Gasteiger partial charge in [0.1, 0.15) is 0 Å². The lowest BCUT2D eigenvalue weighted by atomic mass is 9.86. The molecule has 0 saturated carbocycles. The first-order chi connectivity index (χ1) is 7.78. The molecule has 0 spiro atoms. The van der Waals surface area contributed by atoms with Crippen molar-refractivity contribution >= 4 is 11.8 Å². The molecule has 0 amide bonds. The Labute approximate surface area is 103 Å². The SMILES string of the molecule is C=C(CCC(C)(C)C=C=CC(=O)OC)C(C)=O. The first kappa shape index (κ1) is 15.4. The summed E-state index contributed by atoms with van der Waals surface area (Å²) in [7, 11) is 1.32. The largest absolute Gasteiger partial charge is 0.465 e. The summed E-state index contributed by atoms with van der Waals surface area (Å²) in [5, 5.41) is 0. The van der Waals surface area contributed by atoms with E-state index < -0.39 is 5.97 Å². The number of ketones is 1. The number of carbonyl (C=O) groups is 2. The second-order valence-electron chi connectivity index (χ2n) is 4.63. The Morgan fingerprint density at radius 2 is 2.00 bits per heavy atom. The van der Waals surface area contributed by atoms with Crippen LogP contribution in [0.1, 0.15) is 33.6 Å². The monoisotopic (exact) mass is 236 g/mol. The van der Waals surface area contributed by atoms with Crippen LogP contribution in [-0.2, 0) is 14.3 Å². The van der Waals surface area contributed by atoms with Gasteiger partial charge >= 0.3 is 5.97 Å². The summed E-state index contributed by atoms with van der Waals surface area (Å²) in [5.74, 6) is -0.403. The number of carbonyl (C=O) groups excluding carboxylic acids is 2. The van der Waals surface area contributed by atoms with Crippen molar-refractivity contribution in [2.24, 2.45) is 5.41 Å². The summed E-state index contributed by atoms with van der Waals surface area (Å²) < 4.78 is 4.46. The van der Waals surface area contributed by atoms with Crippen molar-refractivity contribution < 1.29 is 14.3 Å². The summed E-state index contributed by atoms with van der Waals surface area (Å²) in [5.41, 5.74) is 3.28. The van der Waals surface area contributed by atoms with Gasteiger partial charge in [0.05, 0.1) is 13.2 Å². The van der Waals surface area contributed by atoms with Crippen molar-refractivity contribution in [1.29, 1.82) is 0 Å². The van der Waals surface area contributed by atoms with Crippen molar-refractivity contribution in [3.8, 4) is 0 Å². The first-order valence-electron chi connectivity index (χ1n) is 5.49. The van der Waals surface area contributed by atoms with E-state index in [1.54, 1.807) is 6.08 Å². The smallest absolute Gasteiger partial charge is 0.338 e. The average molecular weight is 236 g/mol. The van der Waals surface area contributed by atoms with Crippen molar-refractivity contribution in [2.75, 3.05) is 7.11 Å². The zero-order valence-electron chi connectivity index (χ0n) is 11.0. The van der Waals surface area contributed by atoms with Gasteiger partial charge in [-0.1, -0.05) is 20.4 Å². The minimum atomic E-state index is -0.426. The minimum absolute atomic E-state index is 0.0230. The molecule has 0 aromatic carbocycles. The fraction of sp³-hybridized carbons (Fsp3) is 0.500. The van der Waals surface area contributed by atoms with Crippen LogP contribution in [0.5, 0.6) is 0 Å². The Morgan fingerprint density at radius 1 is 1.41 bits per heavy atom. The molecule has 0 aromatic rings. The minimum Gasteiger partial charge on any atom is -0.465 e. The third-order valence-corrected chi connectivity index (χ3v) is 2.45. The highest BCUT2D eigenvalue weighted by Gasteiger charge is 2.14. The van der Waals surface area contributed by atoms with Crippen LogP contribution in [0.25, 0.3) is 0 Å². The number of methoxy groups -OCH3 is 1. The van der Waals surface area contributed by atoms with Gasteiger partial charge in [-0.25, -0.2) is 4.79 Å². The summed E-state index contributed by atoms with van der Waals surface area (Å²) in [6.45, 7) is 9.25. The summed E-state index contributed by atoms with van der Waals surface area (Å²) in [6.07, 6.45) is 4.49. The Bertz CT molecular complexity index is 369. The van der Waals surface area contributed by atoms with Crippen LogP contribution in [0.15, 0.2) is 30.0 Å². The average Bonchev–Trinajstić information content (AvgIpc) is 2.25. The maximum Gasteiger partial charge on any atom is 0.338 e. The van der Waals surface area contributed by atoms with E-state index >= 15 is 0 Å². The molecule has 0 aliphatic heterocycles. The van der Waals surface area contributed by atoms with E-state index in [-0.39, 0.29) is 11.2 Å². The molecule has 3 nitrogen and oxygen atoms in total. The molecule has 0 aromatic heterocycles. The third kappa shape index (κ3) is 7.31. The Hall–Kier alpha value is -1.60. The van der Waals surface area contributed by atoms with E-state index in [9.17, 15) is 9.59 Å². The zero-order chi connectivity index (χ0) is 13.5. The van der Waals surface area contributed by atoms with Gasteiger partial charge in [0, 0.05) is 0 Å². The van der Waals surface area contributed by atoms with Crippen molar-refractivity contribution in [3.63, 3.8) is 0 Å². The molecule has 0 bridgehead atoms. The molecule has 0 N–H and O–H groups in total. The quantitative estimate of drug-likeness (QED) is 0.404. The molecular weight excluding hydrogens is 216 g/mol. The van der Waals surface area contributed by atoms with Gasteiger partial charge in [-0.05, 0) is 36.8 Å². The zero-order valence-corrected chi connectivity index (χ0v) is 11.0. The molecule has 94 valence electrons. The highest BCUT2D eigenvalue weighted by molar-refractivity contribution is 5.92. The topological polar surface area (TPSA) is 43.4 Å². The number of Topliss-reactive ketones (excluding diaryl/α,β-unsaturated/α-hetero) is 1. The molecule has 0 radical (unpaired) electrons.